The van der Waals surface area contributed by atoms with Crippen LogP contribution in [-0.2, 0) is 27.7 Å². The molecule has 0 aliphatic carbocycles. The van der Waals surface area contributed by atoms with Gasteiger partial charge in [-0.05, 0) is 30.0 Å². The molecule has 0 spiro atoms. The summed E-state index contributed by atoms with van der Waals surface area (Å²) in [6, 6.07) is 13.2. The molecule has 0 atom stereocenters. The van der Waals surface area contributed by atoms with Gasteiger partial charge < -0.3 is 4.90 Å². The Morgan fingerprint density at radius 2 is 1.67 bits per heavy atom. The van der Waals surface area contributed by atoms with Gasteiger partial charge in [-0.3, -0.25) is 14.9 Å². The third-order valence-electron chi connectivity index (χ3n) is 5.32. The Morgan fingerprint density at radius 1 is 1.03 bits per heavy atom. The Kier molecular flexibility index (Phi) is 6.84. The Labute approximate surface area is 176 Å². The lowest BCUT2D eigenvalue weighted by molar-refractivity contribution is -0.385. The Morgan fingerprint density at radius 3 is 2.27 bits per heavy atom. The molecule has 2 aromatic carbocycles. The molecular weight excluding hydrogens is 406 g/mol. The first-order chi connectivity index (χ1) is 14.3. The van der Waals surface area contributed by atoms with E-state index >= 15 is 0 Å². The summed E-state index contributed by atoms with van der Waals surface area (Å²) < 4.78 is 26.9. The lowest BCUT2D eigenvalue weighted by Gasteiger charge is -2.34. The molecule has 0 saturated carbocycles. The number of non-ortho nitro benzene ring substituents is 1. The molecule has 0 aromatic heterocycles. The number of nitrogens with zero attached hydrogens (tertiary/aromatic N) is 3. The summed E-state index contributed by atoms with van der Waals surface area (Å²) in [5.41, 5.74) is 2.09. The van der Waals surface area contributed by atoms with Crippen molar-refractivity contribution < 1.29 is 18.1 Å². The predicted molar refractivity (Wildman–Crippen MR) is 113 cm³/mol. The largest absolute Gasteiger partial charge is 0.340 e. The number of aryl methyl sites for hydroxylation is 2. The van der Waals surface area contributed by atoms with E-state index in [2.05, 4.69) is 19.1 Å². The number of carbonyl (C=O) groups excluding carboxylic acids is 1. The zero-order valence-electron chi connectivity index (χ0n) is 16.9. The summed E-state index contributed by atoms with van der Waals surface area (Å²) in [6.45, 7) is 3.05. The number of rotatable bonds is 7. The summed E-state index contributed by atoms with van der Waals surface area (Å²) in [7, 11) is -3.84. The van der Waals surface area contributed by atoms with Crippen LogP contribution in [0.2, 0.25) is 0 Å². The topological polar surface area (TPSA) is 101 Å². The molecule has 1 aliphatic heterocycles. The Balaban J connectivity index is 1.56. The van der Waals surface area contributed by atoms with Gasteiger partial charge in [0.25, 0.3) is 5.69 Å². The molecular formula is C21H25N3O5S. The van der Waals surface area contributed by atoms with Crippen molar-refractivity contribution in [2.45, 2.75) is 31.1 Å². The molecule has 0 unspecified atom stereocenters. The summed E-state index contributed by atoms with van der Waals surface area (Å²) in [6.07, 6.45) is 2.00. The van der Waals surface area contributed by atoms with Crippen LogP contribution in [0, 0.1) is 10.1 Å². The fourth-order valence-corrected chi connectivity index (χ4v) is 4.90. The molecule has 0 radical (unpaired) electrons. The second kappa shape index (κ2) is 9.36. The maximum Gasteiger partial charge on any atom is 0.270 e. The van der Waals surface area contributed by atoms with Gasteiger partial charge in [0.15, 0.2) is 0 Å². The summed E-state index contributed by atoms with van der Waals surface area (Å²) in [5, 5.41) is 10.9. The van der Waals surface area contributed by atoms with Crippen molar-refractivity contribution in [3.63, 3.8) is 0 Å². The van der Waals surface area contributed by atoms with Gasteiger partial charge in [0, 0.05) is 44.7 Å². The second-order valence-electron chi connectivity index (χ2n) is 7.21. The number of hydrogen-bond acceptors (Lipinski definition) is 5. The second-order valence-corrected chi connectivity index (χ2v) is 9.15. The van der Waals surface area contributed by atoms with Gasteiger partial charge in [-0.1, -0.05) is 37.3 Å². The van der Waals surface area contributed by atoms with Crippen LogP contribution in [0.15, 0.2) is 53.4 Å². The lowest BCUT2D eigenvalue weighted by Crippen LogP contribution is -2.50. The molecule has 30 heavy (non-hydrogen) atoms. The number of sulfonamides is 1. The summed E-state index contributed by atoms with van der Waals surface area (Å²) in [4.78, 5) is 24.4. The van der Waals surface area contributed by atoms with E-state index in [-0.39, 0.29) is 29.6 Å². The van der Waals surface area contributed by atoms with Crippen LogP contribution in [-0.4, -0.2) is 54.6 Å². The number of piperazine rings is 1. The highest BCUT2D eigenvalue weighted by Gasteiger charge is 2.30. The van der Waals surface area contributed by atoms with Gasteiger partial charge in [0.1, 0.15) is 0 Å². The van der Waals surface area contributed by atoms with Crippen LogP contribution < -0.4 is 0 Å². The van der Waals surface area contributed by atoms with Crippen molar-refractivity contribution >= 4 is 21.6 Å². The predicted octanol–water partition coefficient (Wildman–Crippen LogP) is 2.62. The molecule has 0 bridgehead atoms. The van der Waals surface area contributed by atoms with Crippen LogP contribution in [0.3, 0.4) is 0 Å². The van der Waals surface area contributed by atoms with Crippen molar-refractivity contribution in [3.05, 3.63) is 69.8 Å². The van der Waals surface area contributed by atoms with E-state index in [1.165, 1.54) is 28.1 Å². The van der Waals surface area contributed by atoms with E-state index in [0.717, 1.165) is 18.1 Å². The highest BCUT2D eigenvalue weighted by atomic mass is 32.2. The molecule has 1 saturated heterocycles. The van der Waals surface area contributed by atoms with E-state index < -0.39 is 14.9 Å². The molecule has 1 fully saturated rings. The molecule has 3 rings (SSSR count). The smallest absolute Gasteiger partial charge is 0.270 e. The first kappa shape index (κ1) is 21.9. The van der Waals surface area contributed by atoms with Crippen molar-refractivity contribution in [2.75, 3.05) is 26.2 Å². The molecule has 1 amide bonds. The number of amides is 1. The van der Waals surface area contributed by atoms with E-state index in [9.17, 15) is 23.3 Å². The number of nitro benzene ring substituents is 1. The van der Waals surface area contributed by atoms with Gasteiger partial charge in [-0.15, -0.1) is 0 Å². The summed E-state index contributed by atoms with van der Waals surface area (Å²) >= 11 is 0. The van der Waals surface area contributed by atoms with Gasteiger partial charge in [0.05, 0.1) is 9.82 Å². The van der Waals surface area contributed by atoms with E-state index in [0.29, 0.717) is 25.9 Å². The Hall–Kier alpha value is -2.78. The number of nitro groups is 1. The lowest BCUT2D eigenvalue weighted by atomic mass is 10.1. The van der Waals surface area contributed by atoms with Crippen molar-refractivity contribution in [1.29, 1.82) is 0 Å². The SMILES string of the molecule is CCc1ccc(CCC(=O)N2CCN(S(=O)(=O)c3cccc([N+](=O)[O-])c3)CC2)cc1. The monoisotopic (exact) mass is 431 g/mol. The molecule has 160 valence electrons. The number of hydrogen-bond donors (Lipinski definition) is 0. The average Bonchev–Trinajstić information content (AvgIpc) is 2.78. The van der Waals surface area contributed by atoms with Gasteiger partial charge in [-0.2, -0.15) is 4.31 Å². The zero-order valence-corrected chi connectivity index (χ0v) is 17.7. The zero-order chi connectivity index (χ0) is 21.7. The standard InChI is InChI=1S/C21H25N3O5S/c1-2-17-6-8-18(9-7-17)10-11-21(25)22-12-14-23(15-13-22)30(28,29)20-5-3-4-19(16-20)24(26)27/h3-9,16H,2,10-15H2,1H3. The van der Waals surface area contributed by atoms with Gasteiger partial charge in [-0.25, -0.2) is 8.42 Å². The molecule has 1 aliphatic rings. The molecule has 8 nitrogen and oxygen atoms in total. The molecule has 9 heteroatoms. The highest BCUT2D eigenvalue weighted by molar-refractivity contribution is 7.89. The number of carbonyl (C=O) groups is 1. The third kappa shape index (κ3) is 5.03. The quantitative estimate of drug-likeness (QED) is 0.495. The average molecular weight is 432 g/mol. The molecule has 1 heterocycles. The molecule has 0 N–H and O–H groups in total. The van der Waals surface area contributed by atoms with Gasteiger partial charge >= 0.3 is 0 Å². The maximum absolute atomic E-state index is 12.8. The van der Waals surface area contributed by atoms with Crippen LogP contribution in [0.5, 0.6) is 0 Å². The van der Waals surface area contributed by atoms with Crippen LogP contribution >= 0.6 is 0 Å². The van der Waals surface area contributed by atoms with Crippen LogP contribution in [0.1, 0.15) is 24.5 Å². The first-order valence-corrected chi connectivity index (χ1v) is 11.4. The minimum absolute atomic E-state index is 0.00182. The summed E-state index contributed by atoms with van der Waals surface area (Å²) in [5.74, 6) is 0.00182. The molecule has 2 aromatic rings. The fraction of sp³-hybridized carbons (Fsp3) is 0.381. The maximum atomic E-state index is 12.8. The number of benzene rings is 2. The fourth-order valence-electron chi connectivity index (χ4n) is 3.44. The minimum Gasteiger partial charge on any atom is -0.340 e. The normalized spacial score (nSPS) is 15.2. The highest BCUT2D eigenvalue weighted by Crippen LogP contribution is 2.22. The third-order valence-corrected chi connectivity index (χ3v) is 7.21. The van der Waals surface area contributed by atoms with Crippen molar-refractivity contribution in [1.82, 2.24) is 9.21 Å². The van der Waals surface area contributed by atoms with Crippen molar-refractivity contribution in [3.8, 4) is 0 Å². The van der Waals surface area contributed by atoms with E-state index in [1.807, 2.05) is 12.1 Å². The van der Waals surface area contributed by atoms with Crippen LogP contribution in [0.4, 0.5) is 5.69 Å². The first-order valence-electron chi connectivity index (χ1n) is 9.91. The van der Waals surface area contributed by atoms with E-state index in [4.69, 9.17) is 0 Å². The van der Waals surface area contributed by atoms with Gasteiger partial charge in [0.2, 0.25) is 15.9 Å². The van der Waals surface area contributed by atoms with Crippen LogP contribution in [0.25, 0.3) is 0 Å². The minimum atomic E-state index is -3.84. The Bertz CT molecular complexity index is 1010. The van der Waals surface area contributed by atoms with E-state index in [1.54, 1.807) is 4.90 Å². The van der Waals surface area contributed by atoms with Crippen molar-refractivity contribution in [2.24, 2.45) is 0 Å².